The number of likely N-dealkylation sites (tertiary alicyclic amines) is 1. The molecule has 1 fully saturated rings. The number of pyridine rings is 1. The lowest BCUT2D eigenvalue weighted by Crippen LogP contribution is -2.27. The highest BCUT2D eigenvalue weighted by Gasteiger charge is 2.22. The van der Waals surface area contributed by atoms with Crippen molar-refractivity contribution in [1.29, 1.82) is 0 Å². The Labute approximate surface area is 99.1 Å². The molecule has 0 aliphatic carbocycles. The van der Waals surface area contributed by atoms with Gasteiger partial charge in [0.25, 0.3) is 5.56 Å². The van der Waals surface area contributed by atoms with Crippen LogP contribution in [0.15, 0.2) is 23.0 Å². The molecule has 90 valence electrons. The van der Waals surface area contributed by atoms with E-state index in [1.54, 1.807) is 6.07 Å². The van der Waals surface area contributed by atoms with Crippen LogP contribution in [0.4, 0.5) is 0 Å². The van der Waals surface area contributed by atoms with Crippen molar-refractivity contribution in [2.24, 2.45) is 0 Å². The first-order valence-electron chi connectivity index (χ1n) is 6.01. The van der Waals surface area contributed by atoms with Crippen LogP contribution in [0.1, 0.15) is 18.7 Å². The minimum absolute atomic E-state index is 0.0546. The van der Waals surface area contributed by atoms with Crippen LogP contribution in [0.5, 0.6) is 0 Å². The average Bonchev–Trinajstić information content (AvgIpc) is 2.87. The fraction of sp³-hybridized carbons (Fsp3) is 0.500. The molecule has 1 saturated heterocycles. The number of aromatic nitrogens is 3. The van der Waals surface area contributed by atoms with Gasteiger partial charge in [-0.15, -0.1) is 0 Å². The van der Waals surface area contributed by atoms with E-state index in [-0.39, 0.29) is 5.56 Å². The van der Waals surface area contributed by atoms with Gasteiger partial charge in [-0.25, -0.2) is 9.50 Å². The van der Waals surface area contributed by atoms with Gasteiger partial charge in [0, 0.05) is 18.5 Å². The lowest BCUT2D eigenvalue weighted by Gasteiger charge is -2.17. The summed E-state index contributed by atoms with van der Waals surface area (Å²) >= 11 is 0. The average molecular weight is 232 g/mol. The van der Waals surface area contributed by atoms with Crippen molar-refractivity contribution in [2.45, 2.75) is 25.3 Å². The second-order valence-electron chi connectivity index (χ2n) is 4.71. The van der Waals surface area contributed by atoms with Crippen molar-refractivity contribution in [2.75, 3.05) is 13.6 Å². The molecule has 0 spiro atoms. The molecule has 5 heteroatoms. The Kier molecular flexibility index (Phi) is 2.48. The summed E-state index contributed by atoms with van der Waals surface area (Å²) < 4.78 is 1.50. The van der Waals surface area contributed by atoms with Crippen LogP contribution in [-0.2, 0) is 6.42 Å². The van der Waals surface area contributed by atoms with Crippen molar-refractivity contribution < 1.29 is 0 Å². The summed E-state index contributed by atoms with van der Waals surface area (Å²) in [5, 5.41) is 3.08. The SMILES string of the molecule is CN1CCCC1Cc1nc2cccc(=O)n2[nH]1. The molecular formula is C12H16N4O. The molecule has 0 radical (unpaired) electrons. The molecule has 3 heterocycles. The summed E-state index contributed by atoms with van der Waals surface area (Å²) in [5.74, 6) is 0.895. The minimum atomic E-state index is -0.0546. The van der Waals surface area contributed by atoms with Gasteiger partial charge < -0.3 is 4.90 Å². The van der Waals surface area contributed by atoms with E-state index < -0.39 is 0 Å². The Morgan fingerprint density at radius 2 is 2.41 bits per heavy atom. The zero-order chi connectivity index (χ0) is 11.8. The highest BCUT2D eigenvalue weighted by molar-refractivity contribution is 5.36. The summed E-state index contributed by atoms with van der Waals surface area (Å²) in [4.78, 5) is 18.4. The molecule has 0 saturated carbocycles. The first-order valence-corrected chi connectivity index (χ1v) is 6.01. The molecule has 3 rings (SSSR count). The third kappa shape index (κ3) is 1.86. The summed E-state index contributed by atoms with van der Waals surface area (Å²) in [6.45, 7) is 1.16. The fourth-order valence-electron chi connectivity index (χ4n) is 2.52. The summed E-state index contributed by atoms with van der Waals surface area (Å²) in [5.41, 5.74) is 0.647. The van der Waals surface area contributed by atoms with Gasteiger partial charge in [0.2, 0.25) is 0 Å². The van der Waals surface area contributed by atoms with Crippen LogP contribution in [-0.4, -0.2) is 39.1 Å². The number of H-pyrrole nitrogens is 1. The monoisotopic (exact) mass is 232 g/mol. The Hall–Kier alpha value is -1.62. The van der Waals surface area contributed by atoms with Crippen LogP contribution in [0.2, 0.25) is 0 Å². The number of hydrogen-bond donors (Lipinski definition) is 1. The maximum atomic E-state index is 11.6. The highest BCUT2D eigenvalue weighted by atomic mass is 16.1. The molecule has 2 aromatic heterocycles. The largest absolute Gasteiger partial charge is 0.303 e. The Bertz CT molecular complexity index is 585. The lowest BCUT2D eigenvalue weighted by molar-refractivity contribution is 0.306. The standard InChI is InChI=1S/C12H16N4O/c1-15-7-3-4-9(15)8-10-13-11-5-2-6-12(17)16(11)14-10/h2,5-6,9H,3-4,7-8H2,1H3,(H,13,14). The van der Waals surface area contributed by atoms with E-state index in [1.165, 1.54) is 23.4 Å². The van der Waals surface area contributed by atoms with Gasteiger partial charge in [-0.05, 0) is 32.5 Å². The number of rotatable bonds is 2. The molecule has 1 aliphatic heterocycles. The fourth-order valence-corrected chi connectivity index (χ4v) is 2.52. The molecule has 2 aromatic rings. The zero-order valence-corrected chi connectivity index (χ0v) is 9.89. The molecule has 0 bridgehead atoms. The first-order chi connectivity index (χ1) is 8.24. The minimum Gasteiger partial charge on any atom is -0.303 e. The van der Waals surface area contributed by atoms with Crippen molar-refractivity contribution >= 4 is 5.65 Å². The van der Waals surface area contributed by atoms with Crippen molar-refractivity contribution in [3.63, 3.8) is 0 Å². The number of nitrogens with zero attached hydrogens (tertiary/aromatic N) is 3. The molecule has 1 unspecified atom stereocenters. The molecule has 1 aliphatic rings. The van der Waals surface area contributed by atoms with Gasteiger partial charge in [0.05, 0.1) is 0 Å². The van der Waals surface area contributed by atoms with E-state index in [0.717, 1.165) is 18.8 Å². The maximum absolute atomic E-state index is 11.6. The molecule has 5 nitrogen and oxygen atoms in total. The second kappa shape index (κ2) is 4.00. The molecule has 0 aromatic carbocycles. The zero-order valence-electron chi connectivity index (χ0n) is 9.89. The molecule has 0 amide bonds. The Morgan fingerprint density at radius 3 is 3.12 bits per heavy atom. The molecular weight excluding hydrogens is 216 g/mol. The normalized spacial score (nSPS) is 21.4. The number of fused-ring (bicyclic) bond motifs is 1. The highest BCUT2D eigenvalue weighted by Crippen LogP contribution is 2.17. The van der Waals surface area contributed by atoms with Crippen LogP contribution < -0.4 is 5.56 Å². The van der Waals surface area contributed by atoms with Crippen LogP contribution in [0, 0.1) is 0 Å². The summed E-state index contributed by atoms with van der Waals surface area (Å²) in [6, 6.07) is 5.67. The third-order valence-corrected chi connectivity index (χ3v) is 3.52. The van der Waals surface area contributed by atoms with Crippen molar-refractivity contribution in [1.82, 2.24) is 19.5 Å². The van der Waals surface area contributed by atoms with Gasteiger partial charge in [-0.1, -0.05) is 6.07 Å². The first kappa shape index (κ1) is 10.5. The van der Waals surface area contributed by atoms with E-state index in [0.29, 0.717) is 11.7 Å². The topological polar surface area (TPSA) is 53.4 Å². The van der Waals surface area contributed by atoms with E-state index in [2.05, 4.69) is 22.0 Å². The lowest BCUT2D eigenvalue weighted by atomic mass is 10.1. The van der Waals surface area contributed by atoms with Crippen LogP contribution in [0.25, 0.3) is 5.65 Å². The molecule has 1 N–H and O–H groups in total. The smallest absolute Gasteiger partial charge is 0.271 e. The predicted molar refractivity (Wildman–Crippen MR) is 65.2 cm³/mol. The number of likely N-dealkylation sites (N-methyl/N-ethyl adjacent to an activating group) is 1. The second-order valence-corrected chi connectivity index (χ2v) is 4.71. The van der Waals surface area contributed by atoms with Gasteiger partial charge in [0.1, 0.15) is 5.82 Å². The van der Waals surface area contributed by atoms with E-state index in [9.17, 15) is 4.79 Å². The van der Waals surface area contributed by atoms with Gasteiger partial charge >= 0.3 is 0 Å². The molecule has 1 atom stereocenters. The summed E-state index contributed by atoms with van der Waals surface area (Å²) in [6.07, 6.45) is 3.35. The number of aromatic amines is 1. The number of nitrogens with one attached hydrogen (secondary N) is 1. The Morgan fingerprint density at radius 1 is 1.53 bits per heavy atom. The summed E-state index contributed by atoms with van der Waals surface area (Å²) in [7, 11) is 2.15. The third-order valence-electron chi connectivity index (χ3n) is 3.52. The van der Waals surface area contributed by atoms with Gasteiger partial charge in [-0.2, -0.15) is 0 Å². The van der Waals surface area contributed by atoms with E-state index in [1.807, 2.05) is 6.07 Å². The van der Waals surface area contributed by atoms with Gasteiger partial charge in [0.15, 0.2) is 5.65 Å². The van der Waals surface area contributed by atoms with E-state index >= 15 is 0 Å². The quantitative estimate of drug-likeness (QED) is 0.827. The Balaban J connectivity index is 1.91. The molecule has 17 heavy (non-hydrogen) atoms. The predicted octanol–water partition coefficient (Wildman–Crippen LogP) is 0.659. The van der Waals surface area contributed by atoms with Crippen LogP contribution in [0.3, 0.4) is 0 Å². The number of hydrogen-bond acceptors (Lipinski definition) is 3. The van der Waals surface area contributed by atoms with E-state index in [4.69, 9.17) is 0 Å². The maximum Gasteiger partial charge on any atom is 0.271 e. The van der Waals surface area contributed by atoms with Crippen molar-refractivity contribution in [3.8, 4) is 0 Å². The van der Waals surface area contributed by atoms with Gasteiger partial charge in [-0.3, -0.25) is 9.89 Å². The van der Waals surface area contributed by atoms with Crippen LogP contribution >= 0.6 is 0 Å². The van der Waals surface area contributed by atoms with Crippen molar-refractivity contribution in [3.05, 3.63) is 34.4 Å².